The summed E-state index contributed by atoms with van der Waals surface area (Å²) >= 11 is 0. The molecule has 1 aromatic heterocycles. The van der Waals surface area contributed by atoms with Gasteiger partial charge in [-0.05, 0) is 49.6 Å². The molecule has 5 nitrogen and oxygen atoms in total. The fourth-order valence-corrected chi connectivity index (χ4v) is 3.25. The average molecular weight is 519 g/mol. The third kappa shape index (κ3) is 6.76. The van der Waals surface area contributed by atoms with Gasteiger partial charge in [-0.2, -0.15) is 0 Å². The molecule has 2 N–H and O–H groups in total. The van der Waals surface area contributed by atoms with Crippen LogP contribution in [-0.4, -0.2) is 43.2 Å². The SMILES string of the molecule is CCNC(=NCCc1cc(F)cc(F)c1)NC1CCN(c2ncccc2F)C1.I. The van der Waals surface area contributed by atoms with E-state index in [1.54, 1.807) is 12.3 Å². The smallest absolute Gasteiger partial charge is 0.191 e. The van der Waals surface area contributed by atoms with Crippen molar-refractivity contribution in [2.45, 2.75) is 25.8 Å². The lowest BCUT2D eigenvalue weighted by molar-refractivity contribution is 0.579. The fraction of sp³-hybridized carbons (Fsp3) is 0.400. The van der Waals surface area contributed by atoms with Crippen molar-refractivity contribution in [3.8, 4) is 0 Å². The summed E-state index contributed by atoms with van der Waals surface area (Å²) in [5.41, 5.74) is 0.565. The summed E-state index contributed by atoms with van der Waals surface area (Å²) in [6, 6.07) is 6.57. The molecule has 0 aliphatic carbocycles. The Morgan fingerprint density at radius 3 is 2.69 bits per heavy atom. The maximum absolute atomic E-state index is 13.9. The molecule has 1 unspecified atom stereocenters. The summed E-state index contributed by atoms with van der Waals surface area (Å²) in [5, 5.41) is 6.51. The molecule has 1 saturated heterocycles. The molecule has 1 aliphatic heterocycles. The molecular weight excluding hydrogens is 494 g/mol. The predicted molar refractivity (Wildman–Crippen MR) is 119 cm³/mol. The molecule has 9 heteroatoms. The van der Waals surface area contributed by atoms with Crippen LogP contribution in [0.2, 0.25) is 0 Å². The van der Waals surface area contributed by atoms with Gasteiger partial charge in [0.25, 0.3) is 0 Å². The molecule has 1 atom stereocenters. The van der Waals surface area contributed by atoms with Crippen molar-refractivity contribution in [3.05, 3.63) is 59.5 Å². The zero-order valence-corrected chi connectivity index (χ0v) is 18.5. The summed E-state index contributed by atoms with van der Waals surface area (Å²) in [7, 11) is 0. The standard InChI is InChI=1S/C20H24F3N5.HI/c1-2-24-20(26-8-5-14-10-15(21)12-16(22)11-14)27-17-6-9-28(13-17)19-18(23)4-3-7-25-19;/h3-4,7,10-12,17H,2,5-6,8-9,13H2,1H3,(H2,24,26,27);1H. The highest BCUT2D eigenvalue weighted by Gasteiger charge is 2.25. The van der Waals surface area contributed by atoms with Crippen molar-refractivity contribution in [2.24, 2.45) is 4.99 Å². The minimum absolute atomic E-state index is 0. The van der Waals surface area contributed by atoms with E-state index in [4.69, 9.17) is 0 Å². The van der Waals surface area contributed by atoms with Crippen molar-refractivity contribution in [1.29, 1.82) is 0 Å². The number of aromatic nitrogens is 1. The minimum Gasteiger partial charge on any atom is -0.357 e. The molecule has 0 saturated carbocycles. The van der Waals surface area contributed by atoms with Crippen LogP contribution >= 0.6 is 24.0 Å². The molecule has 0 bridgehead atoms. The van der Waals surface area contributed by atoms with E-state index in [1.165, 1.54) is 18.2 Å². The lowest BCUT2D eigenvalue weighted by Crippen LogP contribution is -2.44. The van der Waals surface area contributed by atoms with E-state index >= 15 is 0 Å². The second-order valence-corrected chi connectivity index (χ2v) is 6.67. The third-order valence-electron chi connectivity index (χ3n) is 4.50. The number of pyridine rings is 1. The van der Waals surface area contributed by atoms with Gasteiger partial charge in [-0.3, -0.25) is 4.99 Å². The van der Waals surface area contributed by atoms with E-state index in [9.17, 15) is 13.2 Å². The topological polar surface area (TPSA) is 52.6 Å². The zero-order valence-electron chi connectivity index (χ0n) is 16.2. The summed E-state index contributed by atoms with van der Waals surface area (Å²) < 4.78 is 40.5. The molecular formula is C20H25F3IN5. The van der Waals surface area contributed by atoms with Crippen LogP contribution in [-0.2, 0) is 6.42 Å². The van der Waals surface area contributed by atoms with E-state index in [-0.39, 0.29) is 35.8 Å². The monoisotopic (exact) mass is 519 g/mol. The largest absolute Gasteiger partial charge is 0.357 e. The first-order valence-corrected chi connectivity index (χ1v) is 9.40. The molecule has 1 aromatic carbocycles. The maximum atomic E-state index is 13.9. The van der Waals surface area contributed by atoms with Gasteiger partial charge < -0.3 is 15.5 Å². The van der Waals surface area contributed by atoms with Crippen LogP contribution in [0.25, 0.3) is 0 Å². The Hall–Kier alpha value is -2.04. The van der Waals surface area contributed by atoms with Crippen molar-refractivity contribution in [1.82, 2.24) is 15.6 Å². The number of nitrogens with zero attached hydrogens (tertiary/aromatic N) is 3. The third-order valence-corrected chi connectivity index (χ3v) is 4.50. The number of benzene rings is 1. The highest BCUT2D eigenvalue weighted by atomic mass is 127. The molecule has 0 amide bonds. The number of hydrogen-bond acceptors (Lipinski definition) is 3. The molecule has 1 aliphatic rings. The number of rotatable bonds is 6. The highest BCUT2D eigenvalue weighted by Crippen LogP contribution is 2.20. The molecule has 2 aromatic rings. The first-order chi connectivity index (χ1) is 13.5. The van der Waals surface area contributed by atoms with Crippen LogP contribution in [0.3, 0.4) is 0 Å². The number of aliphatic imine (C=N–C) groups is 1. The van der Waals surface area contributed by atoms with Gasteiger partial charge in [-0.15, -0.1) is 24.0 Å². The van der Waals surface area contributed by atoms with Crippen LogP contribution in [0.15, 0.2) is 41.5 Å². The van der Waals surface area contributed by atoms with Gasteiger partial charge in [0, 0.05) is 44.5 Å². The van der Waals surface area contributed by atoms with Gasteiger partial charge in [0.1, 0.15) is 11.6 Å². The molecule has 3 rings (SSSR count). The Bertz CT molecular complexity index is 813. The molecule has 0 radical (unpaired) electrons. The van der Waals surface area contributed by atoms with Gasteiger partial charge in [0.05, 0.1) is 0 Å². The summed E-state index contributed by atoms with van der Waals surface area (Å²) in [6.07, 6.45) is 2.84. The van der Waals surface area contributed by atoms with Crippen molar-refractivity contribution in [2.75, 3.05) is 31.1 Å². The van der Waals surface area contributed by atoms with E-state index in [0.29, 0.717) is 49.9 Å². The predicted octanol–water partition coefficient (Wildman–Crippen LogP) is 3.49. The van der Waals surface area contributed by atoms with Crippen LogP contribution in [0.5, 0.6) is 0 Å². The molecule has 1 fully saturated rings. The van der Waals surface area contributed by atoms with Crippen molar-refractivity contribution in [3.63, 3.8) is 0 Å². The first-order valence-electron chi connectivity index (χ1n) is 9.40. The lowest BCUT2D eigenvalue weighted by Gasteiger charge is -2.20. The van der Waals surface area contributed by atoms with Gasteiger partial charge in [-0.25, -0.2) is 18.2 Å². The number of nitrogens with one attached hydrogen (secondary N) is 2. The van der Waals surface area contributed by atoms with E-state index < -0.39 is 11.6 Å². The average Bonchev–Trinajstić information content (AvgIpc) is 3.09. The minimum atomic E-state index is -0.586. The maximum Gasteiger partial charge on any atom is 0.191 e. The number of halogens is 4. The van der Waals surface area contributed by atoms with Gasteiger partial charge in [-0.1, -0.05) is 0 Å². The van der Waals surface area contributed by atoms with Gasteiger partial charge >= 0.3 is 0 Å². The summed E-state index contributed by atoms with van der Waals surface area (Å²) in [4.78, 5) is 10.5. The van der Waals surface area contributed by atoms with Crippen LogP contribution in [0.4, 0.5) is 19.0 Å². The number of anilines is 1. The Labute approximate surface area is 185 Å². The Morgan fingerprint density at radius 1 is 1.24 bits per heavy atom. The summed E-state index contributed by atoms with van der Waals surface area (Å²) in [5.74, 6) is -0.505. The molecule has 2 heterocycles. The van der Waals surface area contributed by atoms with Gasteiger partial charge in [0.2, 0.25) is 0 Å². The Balaban J connectivity index is 0.00000300. The molecule has 0 spiro atoms. The summed E-state index contributed by atoms with van der Waals surface area (Å²) in [6.45, 7) is 4.36. The fourth-order valence-electron chi connectivity index (χ4n) is 3.25. The molecule has 158 valence electrons. The van der Waals surface area contributed by atoms with E-state index in [2.05, 4.69) is 20.6 Å². The lowest BCUT2D eigenvalue weighted by atomic mass is 10.1. The normalized spacial score (nSPS) is 16.5. The van der Waals surface area contributed by atoms with Gasteiger partial charge in [0.15, 0.2) is 17.6 Å². The number of guanidine groups is 1. The first kappa shape index (κ1) is 23.2. The van der Waals surface area contributed by atoms with Crippen LogP contribution in [0, 0.1) is 17.5 Å². The van der Waals surface area contributed by atoms with Crippen molar-refractivity contribution >= 4 is 35.8 Å². The van der Waals surface area contributed by atoms with E-state index in [1.807, 2.05) is 11.8 Å². The molecule has 29 heavy (non-hydrogen) atoms. The quantitative estimate of drug-likeness (QED) is 0.349. The second-order valence-electron chi connectivity index (χ2n) is 6.67. The Kier molecular flexibility index (Phi) is 8.99. The Morgan fingerprint density at radius 2 is 2.00 bits per heavy atom. The van der Waals surface area contributed by atoms with E-state index in [0.717, 1.165) is 12.5 Å². The number of hydrogen-bond donors (Lipinski definition) is 2. The van der Waals surface area contributed by atoms with Crippen molar-refractivity contribution < 1.29 is 13.2 Å². The second kappa shape index (κ2) is 11.2. The van der Waals surface area contributed by atoms with Crippen LogP contribution < -0.4 is 15.5 Å². The zero-order chi connectivity index (χ0) is 19.9. The highest BCUT2D eigenvalue weighted by molar-refractivity contribution is 14.0. The van der Waals surface area contributed by atoms with Crippen LogP contribution in [0.1, 0.15) is 18.9 Å².